The molecule has 4 heteroatoms. The topological polar surface area (TPSA) is 35.6 Å². The molecule has 2 atom stereocenters. The number of rotatable bonds is 3. The standard InChI is InChI=1S/C11H23N3O/c1-9(11(15)13(3)4)14-7-5-6-10(8-14)12-2/h9-10,12H,5-8H2,1-4H3. The van der Waals surface area contributed by atoms with E-state index in [2.05, 4.69) is 10.2 Å². The molecule has 2 unspecified atom stereocenters. The first-order chi connectivity index (χ1) is 7.06. The van der Waals surface area contributed by atoms with Crippen LogP contribution in [0.5, 0.6) is 0 Å². The smallest absolute Gasteiger partial charge is 0.239 e. The van der Waals surface area contributed by atoms with Crippen molar-refractivity contribution in [1.82, 2.24) is 15.1 Å². The molecule has 1 heterocycles. The molecule has 0 radical (unpaired) electrons. The first-order valence-corrected chi connectivity index (χ1v) is 5.68. The van der Waals surface area contributed by atoms with Gasteiger partial charge < -0.3 is 10.2 Å². The third-order valence-corrected chi connectivity index (χ3v) is 3.21. The highest BCUT2D eigenvalue weighted by atomic mass is 16.2. The van der Waals surface area contributed by atoms with Crippen LogP contribution in [-0.4, -0.2) is 62.0 Å². The van der Waals surface area contributed by atoms with Gasteiger partial charge in [-0.3, -0.25) is 9.69 Å². The van der Waals surface area contributed by atoms with E-state index >= 15 is 0 Å². The summed E-state index contributed by atoms with van der Waals surface area (Å²) in [7, 11) is 5.63. The predicted molar refractivity (Wildman–Crippen MR) is 61.8 cm³/mol. The molecule has 0 aromatic heterocycles. The highest BCUT2D eigenvalue weighted by molar-refractivity contribution is 5.80. The number of likely N-dealkylation sites (tertiary alicyclic amines) is 1. The molecule has 0 aliphatic carbocycles. The van der Waals surface area contributed by atoms with Gasteiger partial charge in [0, 0.05) is 26.7 Å². The van der Waals surface area contributed by atoms with Crippen molar-refractivity contribution < 1.29 is 4.79 Å². The normalized spacial score (nSPS) is 24.9. The number of hydrogen-bond acceptors (Lipinski definition) is 3. The lowest BCUT2D eigenvalue weighted by atomic mass is 10.0. The van der Waals surface area contributed by atoms with Gasteiger partial charge in [-0.15, -0.1) is 0 Å². The zero-order valence-electron chi connectivity index (χ0n) is 10.3. The third kappa shape index (κ3) is 3.18. The molecule has 15 heavy (non-hydrogen) atoms. The minimum atomic E-state index is 0.0103. The van der Waals surface area contributed by atoms with Gasteiger partial charge in [0.15, 0.2) is 0 Å². The third-order valence-electron chi connectivity index (χ3n) is 3.21. The largest absolute Gasteiger partial charge is 0.347 e. The summed E-state index contributed by atoms with van der Waals surface area (Å²) in [4.78, 5) is 15.7. The van der Waals surface area contributed by atoms with Crippen LogP contribution >= 0.6 is 0 Å². The second-order valence-electron chi connectivity index (χ2n) is 4.53. The van der Waals surface area contributed by atoms with Crippen LogP contribution in [0.15, 0.2) is 0 Å². The SMILES string of the molecule is CNC1CCCN(C(C)C(=O)N(C)C)C1. The maximum Gasteiger partial charge on any atom is 0.239 e. The van der Waals surface area contributed by atoms with Gasteiger partial charge in [-0.1, -0.05) is 0 Å². The van der Waals surface area contributed by atoms with Gasteiger partial charge >= 0.3 is 0 Å². The van der Waals surface area contributed by atoms with Crippen LogP contribution in [0.1, 0.15) is 19.8 Å². The molecule has 0 saturated carbocycles. The number of piperidine rings is 1. The zero-order chi connectivity index (χ0) is 11.4. The summed E-state index contributed by atoms with van der Waals surface area (Å²) in [6.45, 7) is 4.02. The lowest BCUT2D eigenvalue weighted by Gasteiger charge is -2.36. The second kappa shape index (κ2) is 5.47. The van der Waals surface area contributed by atoms with Crippen molar-refractivity contribution in [2.24, 2.45) is 0 Å². The molecule has 1 saturated heterocycles. The summed E-state index contributed by atoms with van der Waals surface area (Å²) in [5, 5.41) is 3.29. The van der Waals surface area contributed by atoms with E-state index in [1.54, 1.807) is 4.90 Å². The van der Waals surface area contributed by atoms with E-state index in [4.69, 9.17) is 0 Å². The average Bonchev–Trinajstić information content (AvgIpc) is 2.27. The van der Waals surface area contributed by atoms with Crippen LogP contribution < -0.4 is 5.32 Å². The van der Waals surface area contributed by atoms with Gasteiger partial charge in [-0.25, -0.2) is 0 Å². The summed E-state index contributed by atoms with van der Waals surface area (Å²) in [5.41, 5.74) is 0. The Balaban J connectivity index is 2.51. The monoisotopic (exact) mass is 213 g/mol. The summed E-state index contributed by atoms with van der Waals surface area (Å²) < 4.78 is 0. The van der Waals surface area contributed by atoms with Gasteiger partial charge in [0.25, 0.3) is 0 Å². The lowest BCUT2D eigenvalue weighted by molar-refractivity contribution is -0.134. The zero-order valence-corrected chi connectivity index (χ0v) is 10.3. The van der Waals surface area contributed by atoms with E-state index in [1.165, 1.54) is 12.8 Å². The number of carbonyl (C=O) groups excluding carboxylic acids is 1. The van der Waals surface area contributed by atoms with Gasteiger partial charge in [0.1, 0.15) is 0 Å². The van der Waals surface area contributed by atoms with E-state index in [0.717, 1.165) is 13.1 Å². The van der Waals surface area contributed by atoms with Crippen molar-refractivity contribution in [3.63, 3.8) is 0 Å². The molecule has 1 aliphatic rings. The van der Waals surface area contributed by atoms with E-state index in [9.17, 15) is 4.79 Å². The van der Waals surface area contributed by atoms with Crippen molar-refractivity contribution in [1.29, 1.82) is 0 Å². The van der Waals surface area contributed by atoms with Crippen molar-refractivity contribution in [2.75, 3.05) is 34.2 Å². The Labute approximate surface area is 92.6 Å². The molecular formula is C11H23N3O. The molecule has 88 valence electrons. The Morgan fingerprint density at radius 1 is 1.53 bits per heavy atom. The number of hydrogen-bond donors (Lipinski definition) is 1. The minimum Gasteiger partial charge on any atom is -0.347 e. The Kier molecular flexibility index (Phi) is 4.54. The van der Waals surface area contributed by atoms with Gasteiger partial charge in [-0.05, 0) is 33.4 Å². The Morgan fingerprint density at radius 3 is 2.73 bits per heavy atom. The van der Waals surface area contributed by atoms with Gasteiger partial charge in [0.05, 0.1) is 6.04 Å². The van der Waals surface area contributed by atoms with E-state index in [0.29, 0.717) is 6.04 Å². The van der Waals surface area contributed by atoms with Gasteiger partial charge in [-0.2, -0.15) is 0 Å². The first kappa shape index (κ1) is 12.5. The quantitative estimate of drug-likeness (QED) is 0.725. The van der Waals surface area contributed by atoms with Crippen LogP contribution in [0.25, 0.3) is 0 Å². The van der Waals surface area contributed by atoms with Crippen molar-refractivity contribution >= 4 is 5.91 Å². The highest BCUT2D eigenvalue weighted by Gasteiger charge is 2.27. The molecule has 4 nitrogen and oxygen atoms in total. The Morgan fingerprint density at radius 2 is 2.20 bits per heavy atom. The maximum absolute atomic E-state index is 11.8. The molecule has 1 amide bonds. The lowest BCUT2D eigenvalue weighted by Crippen LogP contribution is -2.52. The molecule has 0 bridgehead atoms. The van der Waals surface area contributed by atoms with E-state index < -0.39 is 0 Å². The summed E-state index contributed by atoms with van der Waals surface area (Å²) in [6, 6.07) is 0.548. The number of likely N-dealkylation sites (N-methyl/N-ethyl adjacent to an activating group) is 2. The van der Waals surface area contributed by atoms with E-state index in [1.807, 2.05) is 28.1 Å². The Hall–Kier alpha value is -0.610. The molecule has 0 aromatic rings. The molecule has 0 aromatic carbocycles. The summed E-state index contributed by atoms with van der Waals surface area (Å²) >= 11 is 0. The van der Waals surface area contributed by atoms with Gasteiger partial charge in [0.2, 0.25) is 5.91 Å². The summed E-state index contributed by atoms with van der Waals surface area (Å²) in [6.07, 6.45) is 2.40. The Bertz CT molecular complexity index is 218. The molecule has 1 fully saturated rings. The number of carbonyl (C=O) groups is 1. The second-order valence-corrected chi connectivity index (χ2v) is 4.53. The number of nitrogens with one attached hydrogen (secondary N) is 1. The molecule has 1 aliphatic heterocycles. The van der Waals surface area contributed by atoms with Crippen molar-refractivity contribution in [2.45, 2.75) is 31.8 Å². The fourth-order valence-corrected chi connectivity index (χ4v) is 2.12. The van der Waals surface area contributed by atoms with Crippen LogP contribution in [0.2, 0.25) is 0 Å². The average molecular weight is 213 g/mol. The van der Waals surface area contributed by atoms with Crippen LogP contribution in [0.4, 0.5) is 0 Å². The molecular weight excluding hydrogens is 190 g/mol. The fourth-order valence-electron chi connectivity index (χ4n) is 2.12. The fraction of sp³-hybridized carbons (Fsp3) is 0.909. The van der Waals surface area contributed by atoms with Crippen LogP contribution in [-0.2, 0) is 4.79 Å². The number of nitrogens with zero attached hydrogens (tertiary/aromatic N) is 2. The van der Waals surface area contributed by atoms with Crippen molar-refractivity contribution in [3.8, 4) is 0 Å². The van der Waals surface area contributed by atoms with Crippen LogP contribution in [0, 0.1) is 0 Å². The maximum atomic E-state index is 11.8. The highest BCUT2D eigenvalue weighted by Crippen LogP contribution is 2.13. The minimum absolute atomic E-state index is 0.0103. The van der Waals surface area contributed by atoms with E-state index in [-0.39, 0.29) is 11.9 Å². The predicted octanol–water partition coefficient (Wildman–Crippen LogP) is 0.147. The molecule has 1 rings (SSSR count). The number of amides is 1. The molecule has 0 spiro atoms. The van der Waals surface area contributed by atoms with Crippen LogP contribution in [0.3, 0.4) is 0 Å². The molecule has 1 N–H and O–H groups in total. The summed E-state index contributed by atoms with van der Waals surface area (Å²) in [5.74, 6) is 0.201. The van der Waals surface area contributed by atoms with Crippen molar-refractivity contribution in [3.05, 3.63) is 0 Å². The first-order valence-electron chi connectivity index (χ1n) is 5.68.